The van der Waals surface area contributed by atoms with Gasteiger partial charge >= 0.3 is 6.18 Å². The van der Waals surface area contributed by atoms with E-state index in [1.807, 2.05) is 0 Å². The minimum absolute atomic E-state index is 0.0207. The minimum Gasteiger partial charge on any atom is -0.399 e. The first-order valence-corrected chi connectivity index (χ1v) is 5.71. The number of nitrogen functional groups attached to an aromatic ring is 1. The molecule has 0 fully saturated rings. The standard InChI is InChI=1S/C12H14F3N3O2/c13-12(14,15)7-18-11(20)6-17-10(19)5-8-1-3-9(16)4-2-8/h1-4H,5-7,16H2,(H,17,19)(H,18,20). The van der Waals surface area contributed by atoms with Crippen LogP contribution in [0.4, 0.5) is 18.9 Å². The van der Waals surface area contributed by atoms with Crippen molar-refractivity contribution in [3.8, 4) is 0 Å². The molecule has 5 nitrogen and oxygen atoms in total. The molecule has 0 bridgehead atoms. The van der Waals surface area contributed by atoms with Crippen LogP contribution >= 0.6 is 0 Å². The summed E-state index contributed by atoms with van der Waals surface area (Å²) in [7, 11) is 0. The molecule has 0 saturated heterocycles. The van der Waals surface area contributed by atoms with Crippen molar-refractivity contribution in [2.24, 2.45) is 0 Å². The Bertz CT molecular complexity index is 472. The summed E-state index contributed by atoms with van der Waals surface area (Å²) in [6.07, 6.45) is -4.45. The Labute approximate surface area is 113 Å². The van der Waals surface area contributed by atoms with Crippen molar-refractivity contribution in [3.63, 3.8) is 0 Å². The highest BCUT2D eigenvalue weighted by atomic mass is 19.4. The Balaban J connectivity index is 2.29. The number of alkyl halides is 3. The van der Waals surface area contributed by atoms with Gasteiger partial charge in [-0.05, 0) is 17.7 Å². The normalized spacial score (nSPS) is 10.9. The Hall–Kier alpha value is -2.25. The zero-order chi connectivity index (χ0) is 15.2. The van der Waals surface area contributed by atoms with Crippen LogP contribution < -0.4 is 16.4 Å². The molecule has 0 atom stereocenters. The molecule has 0 aliphatic heterocycles. The molecule has 0 aromatic heterocycles. The molecular formula is C12H14F3N3O2. The van der Waals surface area contributed by atoms with E-state index in [1.54, 1.807) is 29.6 Å². The Morgan fingerprint density at radius 3 is 2.20 bits per heavy atom. The highest BCUT2D eigenvalue weighted by Crippen LogP contribution is 2.11. The lowest BCUT2D eigenvalue weighted by atomic mass is 10.1. The lowest BCUT2D eigenvalue weighted by Crippen LogP contribution is -2.41. The fourth-order valence-corrected chi connectivity index (χ4v) is 1.32. The molecule has 0 radical (unpaired) electrons. The quantitative estimate of drug-likeness (QED) is 0.694. The van der Waals surface area contributed by atoms with Crippen molar-refractivity contribution in [1.82, 2.24) is 10.6 Å². The number of carbonyl (C=O) groups is 2. The summed E-state index contributed by atoms with van der Waals surface area (Å²) >= 11 is 0. The summed E-state index contributed by atoms with van der Waals surface area (Å²) in [6.45, 7) is -1.91. The third kappa shape index (κ3) is 6.62. The van der Waals surface area contributed by atoms with Gasteiger partial charge in [0, 0.05) is 5.69 Å². The van der Waals surface area contributed by atoms with Gasteiger partial charge in [-0.1, -0.05) is 12.1 Å². The van der Waals surface area contributed by atoms with E-state index in [0.29, 0.717) is 11.3 Å². The minimum atomic E-state index is -4.47. The number of halogens is 3. The van der Waals surface area contributed by atoms with Gasteiger partial charge in [0.1, 0.15) is 6.54 Å². The number of nitrogens with two attached hydrogens (primary N) is 1. The van der Waals surface area contributed by atoms with Crippen LogP contribution in [-0.2, 0) is 16.0 Å². The average Bonchev–Trinajstić information content (AvgIpc) is 2.36. The van der Waals surface area contributed by atoms with E-state index in [-0.39, 0.29) is 6.42 Å². The lowest BCUT2D eigenvalue weighted by molar-refractivity contribution is -0.138. The van der Waals surface area contributed by atoms with E-state index in [1.165, 1.54) is 0 Å². The topological polar surface area (TPSA) is 84.2 Å². The summed E-state index contributed by atoms with van der Waals surface area (Å²) in [5.74, 6) is -1.36. The van der Waals surface area contributed by atoms with Gasteiger partial charge in [-0.3, -0.25) is 9.59 Å². The van der Waals surface area contributed by atoms with Crippen molar-refractivity contribution in [3.05, 3.63) is 29.8 Å². The summed E-state index contributed by atoms with van der Waals surface area (Å²) in [4.78, 5) is 22.5. The van der Waals surface area contributed by atoms with E-state index in [4.69, 9.17) is 5.73 Å². The molecule has 0 unspecified atom stereocenters. The van der Waals surface area contributed by atoms with Crippen molar-refractivity contribution >= 4 is 17.5 Å². The van der Waals surface area contributed by atoms with Crippen molar-refractivity contribution in [1.29, 1.82) is 0 Å². The second-order valence-electron chi connectivity index (χ2n) is 4.09. The van der Waals surface area contributed by atoms with Crippen molar-refractivity contribution in [2.75, 3.05) is 18.8 Å². The van der Waals surface area contributed by atoms with E-state index in [2.05, 4.69) is 5.32 Å². The SMILES string of the molecule is Nc1ccc(CC(=O)NCC(=O)NCC(F)(F)F)cc1. The highest BCUT2D eigenvalue weighted by Gasteiger charge is 2.27. The predicted octanol–water partition coefficient (Wildman–Crippen LogP) is 0.606. The van der Waals surface area contributed by atoms with Crippen LogP contribution in [0.3, 0.4) is 0 Å². The molecule has 0 spiro atoms. The number of benzene rings is 1. The lowest BCUT2D eigenvalue weighted by Gasteiger charge is -2.09. The Morgan fingerprint density at radius 1 is 1.05 bits per heavy atom. The molecule has 1 rings (SSSR count). The number of rotatable bonds is 5. The Kier molecular flexibility index (Phi) is 5.36. The maximum atomic E-state index is 11.8. The molecule has 8 heteroatoms. The van der Waals surface area contributed by atoms with Crippen molar-refractivity contribution in [2.45, 2.75) is 12.6 Å². The summed E-state index contributed by atoms with van der Waals surface area (Å²) in [5, 5.41) is 3.89. The molecule has 4 N–H and O–H groups in total. The fraction of sp³-hybridized carbons (Fsp3) is 0.333. The van der Waals surface area contributed by atoms with Gasteiger partial charge in [0.2, 0.25) is 11.8 Å². The van der Waals surface area contributed by atoms with Crippen LogP contribution in [0, 0.1) is 0 Å². The molecule has 2 amide bonds. The van der Waals surface area contributed by atoms with E-state index < -0.39 is 31.1 Å². The van der Waals surface area contributed by atoms with Gasteiger partial charge in [-0.15, -0.1) is 0 Å². The monoisotopic (exact) mass is 289 g/mol. The fourth-order valence-electron chi connectivity index (χ4n) is 1.32. The first kappa shape index (κ1) is 15.8. The number of hydrogen-bond acceptors (Lipinski definition) is 3. The van der Waals surface area contributed by atoms with E-state index in [9.17, 15) is 22.8 Å². The Morgan fingerprint density at radius 2 is 1.65 bits per heavy atom. The zero-order valence-electron chi connectivity index (χ0n) is 10.5. The van der Waals surface area contributed by atoms with Crippen LogP contribution in [0.5, 0.6) is 0 Å². The van der Waals surface area contributed by atoms with Gasteiger partial charge in [0.05, 0.1) is 13.0 Å². The average molecular weight is 289 g/mol. The number of anilines is 1. The molecule has 0 aliphatic carbocycles. The number of amides is 2. The molecule has 20 heavy (non-hydrogen) atoms. The van der Waals surface area contributed by atoms with Crippen LogP contribution in [0.1, 0.15) is 5.56 Å². The molecule has 1 aromatic carbocycles. The highest BCUT2D eigenvalue weighted by molar-refractivity contribution is 5.85. The van der Waals surface area contributed by atoms with Crippen LogP contribution in [0.2, 0.25) is 0 Å². The maximum Gasteiger partial charge on any atom is 0.405 e. The first-order valence-electron chi connectivity index (χ1n) is 5.71. The van der Waals surface area contributed by atoms with Crippen LogP contribution in [-0.4, -0.2) is 31.1 Å². The largest absolute Gasteiger partial charge is 0.405 e. The molecule has 110 valence electrons. The van der Waals surface area contributed by atoms with Gasteiger partial charge in [-0.25, -0.2) is 0 Å². The molecule has 0 heterocycles. The van der Waals surface area contributed by atoms with Gasteiger partial charge in [0.25, 0.3) is 0 Å². The zero-order valence-corrected chi connectivity index (χ0v) is 10.5. The third-order valence-electron chi connectivity index (χ3n) is 2.28. The predicted molar refractivity (Wildman–Crippen MR) is 66.6 cm³/mol. The summed E-state index contributed by atoms with van der Waals surface area (Å²) in [6, 6.07) is 6.55. The molecule has 0 aliphatic rings. The molecule has 1 aromatic rings. The summed E-state index contributed by atoms with van der Waals surface area (Å²) < 4.78 is 35.5. The maximum absolute atomic E-state index is 11.8. The van der Waals surface area contributed by atoms with E-state index >= 15 is 0 Å². The summed E-state index contributed by atoms with van der Waals surface area (Å²) in [5.41, 5.74) is 6.72. The van der Waals surface area contributed by atoms with Gasteiger partial charge in [0.15, 0.2) is 0 Å². The first-order chi connectivity index (χ1) is 9.26. The van der Waals surface area contributed by atoms with Gasteiger partial charge < -0.3 is 16.4 Å². The van der Waals surface area contributed by atoms with Gasteiger partial charge in [-0.2, -0.15) is 13.2 Å². The number of nitrogens with one attached hydrogen (secondary N) is 2. The second-order valence-corrected chi connectivity index (χ2v) is 4.09. The number of hydrogen-bond donors (Lipinski definition) is 3. The van der Waals surface area contributed by atoms with Crippen LogP contribution in [0.15, 0.2) is 24.3 Å². The van der Waals surface area contributed by atoms with Crippen LogP contribution in [0.25, 0.3) is 0 Å². The second kappa shape index (κ2) is 6.78. The smallest absolute Gasteiger partial charge is 0.399 e. The molecular weight excluding hydrogens is 275 g/mol. The third-order valence-corrected chi connectivity index (χ3v) is 2.28. The van der Waals surface area contributed by atoms with E-state index in [0.717, 1.165) is 0 Å². The number of carbonyl (C=O) groups excluding carboxylic acids is 2. The van der Waals surface area contributed by atoms with Crippen molar-refractivity contribution < 1.29 is 22.8 Å². The molecule has 0 saturated carbocycles.